The monoisotopic (exact) mass is 662 g/mol. The highest BCUT2D eigenvalue weighted by molar-refractivity contribution is 6.06. The summed E-state index contributed by atoms with van der Waals surface area (Å²) in [4.78, 5) is 35.3. The van der Waals surface area contributed by atoms with Gasteiger partial charge in [-0.15, -0.1) is 0 Å². The highest BCUT2D eigenvalue weighted by Gasteiger charge is 2.14. The molecule has 0 aliphatic heterocycles. The van der Waals surface area contributed by atoms with Gasteiger partial charge in [-0.1, -0.05) is 113 Å². The molecule has 0 aliphatic carbocycles. The molecular weight excluding hydrogens is 624 g/mol. The lowest BCUT2D eigenvalue weighted by atomic mass is 10.1. The number of aromatic nitrogens is 6. The summed E-state index contributed by atoms with van der Waals surface area (Å²) in [7, 11) is 0. The number of hydrogen-bond donors (Lipinski definition) is 4. The Morgan fingerprint density at radius 2 is 0.820 bits per heavy atom. The minimum atomic E-state index is -0.277. The van der Waals surface area contributed by atoms with Crippen molar-refractivity contribution >= 4 is 23.2 Å². The van der Waals surface area contributed by atoms with Crippen LogP contribution in [0.4, 0.5) is 11.4 Å². The van der Waals surface area contributed by atoms with Crippen molar-refractivity contribution in [3.63, 3.8) is 0 Å². The molecule has 2 heterocycles. The van der Waals surface area contributed by atoms with Crippen LogP contribution in [0.25, 0.3) is 45.6 Å². The second kappa shape index (κ2) is 16.9. The Morgan fingerprint density at radius 1 is 0.460 bits per heavy atom. The summed E-state index contributed by atoms with van der Waals surface area (Å²) >= 11 is 0. The molecule has 2 amide bonds. The van der Waals surface area contributed by atoms with E-state index in [0.717, 1.165) is 22.3 Å². The van der Waals surface area contributed by atoms with Gasteiger partial charge in [0, 0.05) is 44.8 Å². The average Bonchev–Trinajstić information content (AvgIpc) is 3.90. The number of aromatic amines is 2. The van der Waals surface area contributed by atoms with Gasteiger partial charge in [0.2, 0.25) is 0 Å². The molecule has 0 radical (unpaired) electrons. The molecule has 0 atom stereocenters. The number of carbonyl (C=O) groups is 2. The average molecular weight is 663 g/mol. The number of amides is 2. The highest BCUT2D eigenvalue weighted by atomic mass is 16.2. The Bertz CT molecular complexity index is 1990. The summed E-state index contributed by atoms with van der Waals surface area (Å²) in [6, 6.07) is 40.6. The number of nitrogens with one attached hydrogen (secondary N) is 4. The van der Waals surface area contributed by atoms with Gasteiger partial charge in [-0.25, -0.2) is 9.97 Å². The van der Waals surface area contributed by atoms with Crippen LogP contribution >= 0.6 is 0 Å². The molecule has 2 aromatic heterocycles. The summed E-state index contributed by atoms with van der Waals surface area (Å²) in [6.45, 7) is 8.00. The Hall–Kier alpha value is -6.68. The fourth-order valence-electron chi connectivity index (χ4n) is 4.87. The number of benzene rings is 5. The summed E-state index contributed by atoms with van der Waals surface area (Å²) in [5, 5.41) is 20.3. The Morgan fingerprint density at radius 3 is 1.20 bits per heavy atom. The minimum absolute atomic E-state index is 0.277. The maximum absolute atomic E-state index is 13.1. The maximum Gasteiger partial charge on any atom is 0.255 e. The molecule has 10 heteroatoms. The van der Waals surface area contributed by atoms with Crippen LogP contribution in [0.2, 0.25) is 0 Å². The lowest BCUT2D eigenvalue weighted by Crippen LogP contribution is -2.13. The molecule has 5 aromatic carbocycles. The number of nitrogens with zero attached hydrogens (tertiary/aromatic N) is 4. The zero-order chi connectivity index (χ0) is 35.3. The van der Waals surface area contributed by atoms with Crippen molar-refractivity contribution in [3.8, 4) is 45.6 Å². The number of H-pyrrole nitrogens is 2. The third kappa shape index (κ3) is 8.42. The third-order valence-electron chi connectivity index (χ3n) is 7.23. The minimum Gasteiger partial charge on any atom is -0.322 e. The first-order valence-corrected chi connectivity index (χ1v) is 16.5. The van der Waals surface area contributed by atoms with Crippen LogP contribution in [0, 0.1) is 0 Å². The van der Waals surface area contributed by atoms with E-state index in [9.17, 15) is 9.59 Å². The molecule has 0 spiro atoms. The zero-order valence-electron chi connectivity index (χ0n) is 28.3. The fraction of sp³-hybridized carbons (Fsp3) is 0.100. The van der Waals surface area contributed by atoms with Gasteiger partial charge in [0.05, 0.1) is 0 Å². The van der Waals surface area contributed by atoms with E-state index in [0.29, 0.717) is 45.8 Å². The van der Waals surface area contributed by atoms with Crippen molar-refractivity contribution in [3.05, 3.63) is 145 Å². The van der Waals surface area contributed by atoms with Crippen molar-refractivity contribution in [1.29, 1.82) is 0 Å². The second-order valence-corrected chi connectivity index (χ2v) is 10.4. The van der Waals surface area contributed by atoms with Gasteiger partial charge in [0.1, 0.15) is 0 Å². The number of rotatable bonds is 8. The van der Waals surface area contributed by atoms with Gasteiger partial charge in [-0.2, -0.15) is 10.2 Å². The van der Waals surface area contributed by atoms with E-state index in [1.165, 1.54) is 0 Å². The number of anilines is 2. The second-order valence-electron chi connectivity index (χ2n) is 10.4. The largest absolute Gasteiger partial charge is 0.322 e. The normalized spacial score (nSPS) is 10.2. The SMILES string of the molecule is CC.CC.O=C(Nc1ccc(NC(=O)c2cccc(-c3nc(-c4ccccc4)n[nH]3)c2)cc1)c1cccc(-c2nc(-c3ccccc3)n[nH]2)c1. The van der Waals surface area contributed by atoms with E-state index in [1.54, 1.807) is 60.7 Å². The van der Waals surface area contributed by atoms with Gasteiger partial charge in [-0.05, 0) is 48.5 Å². The quantitative estimate of drug-likeness (QED) is 0.128. The van der Waals surface area contributed by atoms with Crippen LogP contribution in [0.3, 0.4) is 0 Å². The molecule has 0 fully saturated rings. The first kappa shape index (κ1) is 34.6. The smallest absolute Gasteiger partial charge is 0.255 e. The van der Waals surface area contributed by atoms with E-state index >= 15 is 0 Å². The lowest BCUT2D eigenvalue weighted by molar-refractivity contribution is 0.101. The highest BCUT2D eigenvalue weighted by Crippen LogP contribution is 2.23. The summed E-state index contributed by atoms with van der Waals surface area (Å²) in [5.41, 5.74) is 5.38. The molecule has 7 rings (SSSR count). The molecule has 0 aliphatic rings. The first-order chi connectivity index (χ1) is 24.6. The topological polar surface area (TPSA) is 141 Å². The van der Waals surface area contributed by atoms with Gasteiger partial charge in [0.25, 0.3) is 11.8 Å². The van der Waals surface area contributed by atoms with Crippen molar-refractivity contribution < 1.29 is 9.59 Å². The van der Waals surface area contributed by atoms with Crippen molar-refractivity contribution in [1.82, 2.24) is 30.4 Å². The van der Waals surface area contributed by atoms with Crippen LogP contribution in [-0.2, 0) is 0 Å². The van der Waals surface area contributed by atoms with Crippen LogP contribution in [0.15, 0.2) is 133 Å². The zero-order valence-corrected chi connectivity index (χ0v) is 28.3. The molecule has 250 valence electrons. The standard InChI is InChI=1S/C36H26N8O2.2C2H6/c45-35(27-15-7-13-25(21-27)33-39-31(41-43-33)23-9-3-1-4-10-23)37-29-17-19-30(20-18-29)38-36(46)28-16-8-14-26(22-28)34-40-32(42-44-34)24-11-5-2-6-12-24;2*1-2/h1-22H,(H,37,45)(H,38,46)(H,39,41,43)(H,40,42,44);2*1-2H3. The van der Waals surface area contributed by atoms with Crippen molar-refractivity contribution in [2.24, 2.45) is 0 Å². The van der Waals surface area contributed by atoms with Gasteiger partial charge in [0.15, 0.2) is 23.3 Å². The molecule has 50 heavy (non-hydrogen) atoms. The molecular formula is C40H38N8O2. The Kier molecular flexibility index (Phi) is 11.7. The molecule has 0 saturated heterocycles. The molecule has 0 bridgehead atoms. The van der Waals surface area contributed by atoms with E-state index in [2.05, 4.69) is 41.0 Å². The number of carbonyl (C=O) groups excluding carboxylic acids is 2. The Labute approximate surface area is 291 Å². The van der Waals surface area contributed by atoms with Gasteiger partial charge < -0.3 is 10.6 Å². The summed E-state index contributed by atoms with van der Waals surface area (Å²) in [5.74, 6) is 1.74. The van der Waals surface area contributed by atoms with Crippen molar-refractivity contribution in [2.75, 3.05) is 10.6 Å². The molecule has 0 unspecified atom stereocenters. The van der Waals surface area contributed by atoms with Gasteiger partial charge in [-0.3, -0.25) is 19.8 Å². The molecule has 4 N–H and O–H groups in total. The summed E-state index contributed by atoms with van der Waals surface area (Å²) in [6.07, 6.45) is 0. The van der Waals surface area contributed by atoms with Crippen LogP contribution < -0.4 is 10.6 Å². The third-order valence-corrected chi connectivity index (χ3v) is 7.23. The number of hydrogen-bond acceptors (Lipinski definition) is 6. The van der Waals surface area contributed by atoms with E-state index in [1.807, 2.05) is 100 Å². The van der Waals surface area contributed by atoms with Crippen LogP contribution in [-0.4, -0.2) is 42.2 Å². The van der Waals surface area contributed by atoms with E-state index in [4.69, 9.17) is 0 Å². The fourth-order valence-corrected chi connectivity index (χ4v) is 4.87. The van der Waals surface area contributed by atoms with Crippen LogP contribution in [0.1, 0.15) is 48.4 Å². The predicted octanol–water partition coefficient (Wildman–Crippen LogP) is 9.15. The summed E-state index contributed by atoms with van der Waals surface area (Å²) < 4.78 is 0. The molecule has 0 saturated carbocycles. The molecule has 10 nitrogen and oxygen atoms in total. The predicted molar refractivity (Wildman–Crippen MR) is 200 cm³/mol. The lowest BCUT2D eigenvalue weighted by Gasteiger charge is -2.09. The molecule has 7 aromatic rings. The van der Waals surface area contributed by atoms with E-state index < -0.39 is 0 Å². The first-order valence-electron chi connectivity index (χ1n) is 16.5. The van der Waals surface area contributed by atoms with Crippen molar-refractivity contribution in [2.45, 2.75) is 27.7 Å². The van der Waals surface area contributed by atoms with Gasteiger partial charge >= 0.3 is 0 Å². The van der Waals surface area contributed by atoms with E-state index in [-0.39, 0.29) is 11.8 Å². The Balaban J connectivity index is 0.00000117. The maximum atomic E-state index is 13.1. The van der Waals surface area contributed by atoms with Crippen LogP contribution in [0.5, 0.6) is 0 Å².